The first-order valence-corrected chi connectivity index (χ1v) is 14.2. The van der Waals surface area contributed by atoms with Gasteiger partial charge in [0.05, 0.1) is 11.2 Å². The van der Waals surface area contributed by atoms with Crippen LogP contribution in [0.1, 0.15) is 27.7 Å². The lowest BCUT2D eigenvalue weighted by Crippen LogP contribution is -2.49. The summed E-state index contributed by atoms with van der Waals surface area (Å²) in [6.07, 6.45) is 0. The van der Waals surface area contributed by atoms with Crippen LogP contribution in [0.15, 0.2) is 95.4 Å². The van der Waals surface area contributed by atoms with Gasteiger partial charge in [-0.3, -0.25) is 0 Å². The van der Waals surface area contributed by atoms with Gasteiger partial charge in [0.1, 0.15) is 11.2 Å². The predicted octanol–water partition coefficient (Wildman–Crippen LogP) is 8.32. The van der Waals surface area contributed by atoms with Crippen molar-refractivity contribution in [3.05, 3.63) is 91.0 Å². The van der Waals surface area contributed by atoms with Crippen molar-refractivity contribution >= 4 is 77.2 Å². The molecule has 0 aliphatic heterocycles. The molecule has 0 saturated heterocycles. The molecular weight excluding hydrogens is 499 g/mol. The first-order valence-electron chi connectivity index (χ1n) is 13.3. The SMILES string of the molecule is CC(C)(O)C(C)(C)OBc1cccc2sc3ccc(-c4cccc5c4oc4cc6ccccc6cc45)cc3c12. The fourth-order valence-electron chi connectivity index (χ4n) is 5.33. The molecule has 0 amide bonds. The van der Waals surface area contributed by atoms with Crippen molar-refractivity contribution in [3.8, 4) is 11.1 Å². The van der Waals surface area contributed by atoms with E-state index < -0.39 is 11.2 Å². The Bertz CT molecular complexity index is 2040. The lowest BCUT2D eigenvalue weighted by atomic mass is 9.80. The van der Waals surface area contributed by atoms with E-state index in [1.807, 2.05) is 13.8 Å². The monoisotopic (exact) mass is 528 g/mol. The molecule has 3 nitrogen and oxygen atoms in total. The van der Waals surface area contributed by atoms with Gasteiger partial charge in [0, 0.05) is 31.1 Å². The third-order valence-corrected chi connectivity index (χ3v) is 9.46. The second-order valence-electron chi connectivity index (χ2n) is 11.4. The van der Waals surface area contributed by atoms with Gasteiger partial charge in [-0.2, -0.15) is 0 Å². The summed E-state index contributed by atoms with van der Waals surface area (Å²) in [5.74, 6) is 0. The average Bonchev–Trinajstić information content (AvgIpc) is 3.47. The molecule has 0 atom stereocenters. The summed E-state index contributed by atoms with van der Waals surface area (Å²) in [6, 6.07) is 32.3. The summed E-state index contributed by atoms with van der Waals surface area (Å²) in [7, 11) is 0.428. The van der Waals surface area contributed by atoms with Crippen LogP contribution in [0.2, 0.25) is 0 Å². The molecule has 192 valence electrons. The van der Waals surface area contributed by atoms with Crippen LogP contribution in [0.5, 0.6) is 0 Å². The van der Waals surface area contributed by atoms with Gasteiger partial charge in [-0.1, -0.05) is 60.7 Å². The lowest BCUT2D eigenvalue weighted by molar-refractivity contribution is -0.0893. The molecular formula is C34H29BO3S. The van der Waals surface area contributed by atoms with E-state index in [1.165, 1.54) is 30.9 Å². The Labute approximate surface area is 231 Å². The number of para-hydroxylation sites is 1. The second-order valence-corrected chi connectivity index (χ2v) is 12.5. The molecule has 1 N–H and O–H groups in total. The smallest absolute Gasteiger partial charge is 0.310 e. The van der Waals surface area contributed by atoms with E-state index in [4.69, 9.17) is 9.07 Å². The van der Waals surface area contributed by atoms with Gasteiger partial charge in [0.2, 0.25) is 0 Å². The molecule has 0 radical (unpaired) electrons. The summed E-state index contributed by atoms with van der Waals surface area (Å²) in [6.45, 7) is 7.46. The number of thiophene rings is 1. The topological polar surface area (TPSA) is 42.6 Å². The van der Waals surface area contributed by atoms with Crippen molar-refractivity contribution < 1.29 is 14.2 Å². The number of fused-ring (bicyclic) bond motifs is 7. The summed E-state index contributed by atoms with van der Waals surface area (Å²) in [4.78, 5) is 0. The Morgan fingerprint density at radius 3 is 2.31 bits per heavy atom. The molecule has 2 heterocycles. The lowest BCUT2D eigenvalue weighted by Gasteiger charge is -2.37. The van der Waals surface area contributed by atoms with E-state index >= 15 is 0 Å². The first kappa shape index (κ1) is 24.4. The van der Waals surface area contributed by atoms with Crippen LogP contribution >= 0.6 is 11.3 Å². The van der Waals surface area contributed by atoms with Crippen molar-refractivity contribution in [2.75, 3.05) is 0 Å². The maximum absolute atomic E-state index is 10.6. The third-order valence-electron chi connectivity index (χ3n) is 8.32. The normalized spacial score (nSPS) is 12.8. The molecule has 39 heavy (non-hydrogen) atoms. The fraction of sp³-hybridized carbons (Fsp3) is 0.176. The largest absolute Gasteiger partial charge is 0.455 e. The third kappa shape index (κ3) is 3.96. The maximum Gasteiger partial charge on any atom is 0.310 e. The van der Waals surface area contributed by atoms with Crippen LogP contribution in [0, 0.1) is 0 Å². The predicted molar refractivity (Wildman–Crippen MR) is 168 cm³/mol. The minimum atomic E-state index is -0.956. The van der Waals surface area contributed by atoms with Gasteiger partial charge < -0.3 is 14.2 Å². The Hall–Kier alpha value is -3.64. The Balaban J connectivity index is 1.38. The molecule has 7 rings (SSSR count). The highest BCUT2D eigenvalue weighted by Gasteiger charge is 2.35. The fourth-order valence-corrected chi connectivity index (χ4v) is 6.47. The number of hydrogen-bond acceptors (Lipinski definition) is 4. The molecule has 0 spiro atoms. The average molecular weight is 528 g/mol. The zero-order chi connectivity index (χ0) is 26.9. The van der Waals surface area contributed by atoms with Crippen LogP contribution < -0.4 is 5.46 Å². The van der Waals surface area contributed by atoms with Crippen LogP contribution in [0.25, 0.3) is 64.0 Å². The van der Waals surface area contributed by atoms with Crippen molar-refractivity contribution in [1.82, 2.24) is 0 Å². The maximum atomic E-state index is 10.6. The molecule has 5 aromatic carbocycles. The van der Waals surface area contributed by atoms with Gasteiger partial charge in [0.15, 0.2) is 0 Å². The van der Waals surface area contributed by atoms with E-state index in [-0.39, 0.29) is 0 Å². The van der Waals surface area contributed by atoms with Gasteiger partial charge in [-0.15, -0.1) is 11.3 Å². The number of furan rings is 1. The van der Waals surface area contributed by atoms with Crippen molar-refractivity contribution in [2.45, 2.75) is 38.9 Å². The molecule has 7 aromatic rings. The quantitative estimate of drug-likeness (QED) is 0.229. The van der Waals surface area contributed by atoms with E-state index in [1.54, 1.807) is 25.2 Å². The summed E-state index contributed by atoms with van der Waals surface area (Å²) in [5.41, 5.74) is 3.52. The standard InChI is InChI=1S/C34H29BO3S/c1-33(2,36)34(3,4)38-35-27-13-8-14-30-31(27)26-18-22(15-16-29(26)39-30)23-11-7-12-24-25-17-20-9-5-6-10-21(20)19-28(25)37-32(23)24/h5-19,35-36H,1-4H3. The zero-order valence-electron chi connectivity index (χ0n) is 22.5. The summed E-state index contributed by atoms with van der Waals surface area (Å²) >= 11 is 1.80. The van der Waals surface area contributed by atoms with E-state index in [2.05, 4.69) is 91.0 Å². The second kappa shape index (κ2) is 8.69. The van der Waals surface area contributed by atoms with Gasteiger partial charge >= 0.3 is 7.48 Å². The van der Waals surface area contributed by atoms with Crippen LogP contribution in [-0.2, 0) is 4.65 Å². The van der Waals surface area contributed by atoms with E-state index in [0.29, 0.717) is 7.48 Å². The van der Waals surface area contributed by atoms with Crippen LogP contribution in [-0.4, -0.2) is 23.8 Å². The highest BCUT2D eigenvalue weighted by atomic mass is 32.1. The molecule has 0 aliphatic carbocycles. The van der Waals surface area contributed by atoms with E-state index in [0.717, 1.165) is 38.5 Å². The Morgan fingerprint density at radius 2 is 1.51 bits per heavy atom. The molecule has 5 heteroatoms. The number of benzene rings is 5. The van der Waals surface area contributed by atoms with Gasteiger partial charge in [0.25, 0.3) is 0 Å². The van der Waals surface area contributed by atoms with Gasteiger partial charge in [-0.05, 0) is 85.2 Å². The molecule has 0 saturated carbocycles. The number of hydrogen-bond donors (Lipinski definition) is 1. The van der Waals surface area contributed by atoms with Gasteiger partial charge in [-0.25, -0.2) is 0 Å². The van der Waals surface area contributed by atoms with Crippen molar-refractivity contribution in [2.24, 2.45) is 0 Å². The molecule has 2 aromatic heterocycles. The Kier molecular flexibility index (Phi) is 5.44. The van der Waals surface area contributed by atoms with Crippen LogP contribution in [0.3, 0.4) is 0 Å². The number of aliphatic hydroxyl groups is 1. The van der Waals surface area contributed by atoms with E-state index in [9.17, 15) is 5.11 Å². The zero-order valence-corrected chi connectivity index (χ0v) is 23.4. The highest BCUT2D eigenvalue weighted by molar-refractivity contribution is 7.26. The summed E-state index contributed by atoms with van der Waals surface area (Å²) < 4.78 is 15.3. The molecule has 0 unspecified atom stereocenters. The first-order chi connectivity index (χ1) is 18.7. The molecule has 0 fully saturated rings. The summed E-state index contributed by atoms with van der Waals surface area (Å²) in [5, 5.41) is 17.7. The minimum Gasteiger partial charge on any atom is -0.455 e. The van der Waals surface area contributed by atoms with Crippen molar-refractivity contribution in [3.63, 3.8) is 0 Å². The minimum absolute atomic E-state index is 0.428. The Morgan fingerprint density at radius 1 is 0.744 bits per heavy atom. The van der Waals surface area contributed by atoms with Crippen molar-refractivity contribution in [1.29, 1.82) is 0 Å². The molecule has 0 bridgehead atoms. The highest BCUT2D eigenvalue weighted by Crippen LogP contribution is 2.40. The molecule has 0 aliphatic rings. The number of rotatable bonds is 5. The van der Waals surface area contributed by atoms with Crippen LogP contribution in [0.4, 0.5) is 0 Å².